The molecule has 0 saturated heterocycles. The van der Waals surface area contributed by atoms with Crippen LogP contribution in [0.5, 0.6) is 0 Å². The van der Waals surface area contributed by atoms with Crippen molar-refractivity contribution in [2.45, 2.75) is 0 Å². The minimum atomic E-state index is -3.35. The molecule has 0 aliphatic rings. The highest BCUT2D eigenvalue weighted by molar-refractivity contribution is 9.11. The van der Waals surface area contributed by atoms with E-state index in [2.05, 4.69) is 26.0 Å². The molecule has 2 heterocycles. The van der Waals surface area contributed by atoms with Crippen LogP contribution in [0.15, 0.2) is 93.6 Å². The number of benzene rings is 2. The molecule has 0 aliphatic heterocycles. The molecule has 0 spiro atoms. The Morgan fingerprint density at radius 3 is 1.97 bits per heavy atom. The molecule has 4 rings (SSSR count). The van der Waals surface area contributed by atoms with Gasteiger partial charge in [-0.3, -0.25) is 4.57 Å². The minimum absolute atomic E-state index is 0.370. The summed E-state index contributed by atoms with van der Waals surface area (Å²) in [6.45, 7) is 0. The minimum Gasteiger partial charge on any atom is -0.306 e. The monoisotopic (exact) mass is 580 g/mol. The number of hydrogen-bond acceptors (Lipinski definition) is 4. The Kier molecular flexibility index (Phi) is 7.72. The van der Waals surface area contributed by atoms with Gasteiger partial charge in [-0.2, -0.15) is 0 Å². The summed E-state index contributed by atoms with van der Waals surface area (Å²) in [5, 5.41) is 6.28. The van der Waals surface area contributed by atoms with Gasteiger partial charge in [-0.25, -0.2) is 4.98 Å². The summed E-state index contributed by atoms with van der Waals surface area (Å²) in [7, 11) is -3.35. The van der Waals surface area contributed by atoms with E-state index in [0.717, 1.165) is 25.5 Å². The molecular formula is C23H16BrCl2N2OPS2. The predicted molar refractivity (Wildman–Crippen MR) is 145 cm³/mol. The highest BCUT2D eigenvalue weighted by Crippen LogP contribution is 2.54. The van der Waals surface area contributed by atoms with Crippen LogP contribution in [0.4, 0.5) is 5.13 Å². The smallest absolute Gasteiger partial charge is 0.217 e. The van der Waals surface area contributed by atoms with Crippen LogP contribution in [0.2, 0.25) is 0 Å². The van der Waals surface area contributed by atoms with Gasteiger partial charge in [0.15, 0.2) is 5.13 Å². The molecule has 32 heavy (non-hydrogen) atoms. The van der Waals surface area contributed by atoms with E-state index < -0.39 is 7.29 Å². The summed E-state index contributed by atoms with van der Waals surface area (Å²) < 4.78 is 15.1. The van der Waals surface area contributed by atoms with E-state index >= 15 is 0 Å². The van der Waals surface area contributed by atoms with E-state index in [-0.39, 0.29) is 0 Å². The van der Waals surface area contributed by atoms with Gasteiger partial charge in [0.2, 0.25) is 7.29 Å². The molecule has 0 fully saturated rings. The van der Waals surface area contributed by atoms with Gasteiger partial charge in [-0.15, -0.1) is 22.7 Å². The van der Waals surface area contributed by atoms with Crippen molar-refractivity contribution in [3.63, 3.8) is 0 Å². The van der Waals surface area contributed by atoms with Crippen LogP contribution in [0.1, 0.15) is 11.1 Å². The molecule has 1 N–H and O–H groups in total. The molecule has 2 aromatic carbocycles. The third-order valence-corrected chi connectivity index (χ3v) is 9.67. The van der Waals surface area contributed by atoms with Crippen molar-refractivity contribution in [2.24, 2.45) is 0 Å². The van der Waals surface area contributed by atoms with Crippen LogP contribution in [-0.4, -0.2) is 4.98 Å². The first kappa shape index (κ1) is 23.5. The fourth-order valence-electron chi connectivity index (χ4n) is 2.82. The third-order valence-electron chi connectivity index (χ3n) is 4.31. The Morgan fingerprint density at radius 1 is 0.906 bits per heavy atom. The topological polar surface area (TPSA) is 42.0 Å². The Balaban J connectivity index is 1.71. The van der Waals surface area contributed by atoms with Crippen LogP contribution in [-0.2, 0) is 4.57 Å². The number of halogens is 3. The molecule has 0 atom stereocenters. The lowest BCUT2D eigenvalue weighted by Crippen LogP contribution is -1.94. The van der Waals surface area contributed by atoms with Crippen molar-refractivity contribution in [1.82, 2.24) is 4.98 Å². The average molecular weight is 582 g/mol. The first-order valence-electron chi connectivity index (χ1n) is 9.38. The molecule has 0 aliphatic carbocycles. The van der Waals surface area contributed by atoms with Crippen molar-refractivity contribution >= 4 is 84.3 Å². The number of thiazole rings is 1. The molecule has 0 bridgehead atoms. The number of nitrogens with one attached hydrogen (secondary N) is 1. The van der Waals surface area contributed by atoms with E-state index in [9.17, 15) is 4.57 Å². The van der Waals surface area contributed by atoms with Crippen LogP contribution in [0, 0.1) is 0 Å². The van der Waals surface area contributed by atoms with Crippen LogP contribution >= 0.6 is 69.1 Å². The highest BCUT2D eigenvalue weighted by atomic mass is 79.9. The van der Waals surface area contributed by atoms with Crippen molar-refractivity contribution in [3.8, 4) is 10.6 Å². The van der Waals surface area contributed by atoms with E-state index in [1.807, 2.05) is 78.2 Å². The Labute approximate surface area is 213 Å². The molecule has 4 aromatic rings. The van der Waals surface area contributed by atoms with Gasteiger partial charge in [0.25, 0.3) is 0 Å². The van der Waals surface area contributed by atoms with Gasteiger partial charge in [0.05, 0.1) is 24.4 Å². The fraction of sp³-hybridized carbons (Fsp3) is 0. The van der Waals surface area contributed by atoms with Gasteiger partial charge in [0, 0.05) is 17.0 Å². The van der Waals surface area contributed by atoms with Crippen molar-refractivity contribution in [3.05, 3.63) is 105 Å². The number of aromatic nitrogens is 1. The average Bonchev–Trinajstić information content (AvgIpc) is 3.43. The van der Waals surface area contributed by atoms with Gasteiger partial charge in [-0.1, -0.05) is 83.9 Å². The standard InChI is InChI=1S/C23H16BrCl2N2OPS2/c24-22-12-11-21(32-22)20-15-31-23(27-20)28-30(29,13-18(25)16-7-3-1-4-8-16)14-19(26)17-9-5-2-6-10-17/h1-15H,(H,27,28,29). The summed E-state index contributed by atoms with van der Waals surface area (Å²) >= 11 is 19.5. The molecular weight excluding hydrogens is 566 g/mol. The second-order valence-corrected chi connectivity index (χ2v) is 12.9. The maximum atomic E-state index is 14.0. The zero-order valence-corrected chi connectivity index (χ0v) is 22.0. The zero-order chi connectivity index (χ0) is 22.6. The Morgan fingerprint density at radius 2 is 1.47 bits per heavy atom. The molecule has 162 valence electrons. The number of rotatable bonds is 7. The summed E-state index contributed by atoms with van der Waals surface area (Å²) in [5.74, 6) is 3.05. The normalized spacial score (nSPS) is 14.2. The number of nitrogens with zero attached hydrogens (tertiary/aromatic N) is 1. The van der Waals surface area contributed by atoms with E-state index in [4.69, 9.17) is 23.2 Å². The van der Waals surface area contributed by atoms with Gasteiger partial charge in [-0.05, 0) is 39.2 Å². The van der Waals surface area contributed by atoms with Crippen molar-refractivity contribution < 1.29 is 4.57 Å². The van der Waals surface area contributed by atoms with E-state index in [1.54, 1.807) is 11.3 Å². The summed E-state index contributed by atoms with van der Waals surface area (Å²) in [4.78, 5) is 5.64. The number of hydrogen-bond donors (Lipinski definition) is 1. The maximum absolute atomic E-state index is 14.0. The van der Waals surface area contributed by atoms with Crippen molar-refractivity contribution in [1.29, 1.82) is 0 Å². The van der Waals surface area contributed by atoms with Crippen LogP contribution in [0.25, 0.3) is 20.6 Å². The molecule has 0 saturated carbocycles. The van der Waals surface area contributed by atoms with Gasteiger partial charge in [0.1, 0.15) is 0 Å². The second-order valence-electron chi connectivity index (χ2n) is 6.65. The number of thiophene rings is 1. The lowest BCUT2D eigenvalue weighted by atomic mass is 10.2. The first-order chi connectivity index (χ1) is 15.4. The van der Waals surface area contributed by atoms with Crippen LogP contribution < -0.4 is 5.09 Å². The van der Waals surface area contributed by atoms with E-state index in [1.165, 1.54) is 23.0 Å². The lowest BCUT2D eigenvalue weighted by molar-refractivity contribution is 0.589. The lowest BCUT2D eigenvalue weighted by Gasteiger charge is -2.13. The Hall–Kier alpha value is -1.66. The quantitative estimate of drug-likeness (QED) is 0.221. The molecule has 2 aromatic heterocycles. The summed E-state index contributed by atoms with van der Waals surface area (Å²) in [6.07, 6.45) is 0. The molecule has 3 nitrogen and oxygen atoms in total. The largest absolute Gasteiger partial charge is 0.306 e. The van der Waals surface area contributed by atoms with Gasteiger partial charge < -0.3 is 5.09 Å². The SMILES string of the molecule is O=P(C=C(Cl)c1ccccc1)(C=C(Cl)c1ccccc1)Nc1nc(-c2ccc(Br)s2)cs1. The Bertz CT molecular complexity index is 1260. The fourth-order valence-corrected chi connectivity index (χ4v) is 8.08. The van der Waals surface area contributed by atoms with Crippen LogP contribution in [0.3, 0.4) is 0 Å². The zero-order valence-electron chi connectivity index (χ0n) is 16.4. The highest BCUT2D eigenvalue weighted by Gasteiger charge is 2.21. The second kappa shape index (κ2) is 10.5. The number of anilines is 1. The summed E-state index contributed by atoms with van der Waals surface area (Å²) in [6, 6.07) is 22.7. The predicted octanol–water partition coefficient (Wildman–Crippen LogP) is 9.80. The van der Waals surface area contributed by atoms with E-state index in [0.29, 0.717) is 15.2 Å². The molecule has 9 heteroatoms. The van der Waals surface area contributed by atoms with Gasteiger partial charge >= 0.3 is 0 Å². The molecule has 0 radical (unpaired) electrons. The molecule has 0 amide bonds. The molecule has 0 unspecified atom stereocenters. The maximum Gasteiger partial charge on any atom is 0.217 e. The first-order valence-corrected chi connectivity index (χ1v) is 14.5. The summed E-state index contributed by atoms with van der Waals surface area (Å²) in [5.41, 5.74) is 2.35. The van der Waals surface area contributed by atoms with Crippen molar-refractivity contribution in [2.75, 3.05) is 5.09 Å². The third kappa shape index (κ3) is 6.02.